The number of carbonyl (C=O) groups is 2. The lowest BCUT2D eigenvalue weighted by Crippen LogP contribution is -2.42. The highest BCUT2D eigenvalue weighted by Gasteiger charge is 2.29. The van der Waals surface area contributed by atoms with Gasteiger partial charge >= 0.3 is 0 Å². The SMILES string of the molecule is CCN(CC)CCC1CCCCN1CCCC(=O)N1c2ccccc2NC(=O)c2ccccc21. The summed E-state index contributed by atoms with van der Waals surface area (Å²) in [7, 11) is 0. The smallest absolute Gasteiger partial charge is 0.257 e. The molecule has 1 unspecified atom stereocenters. The van der Waals surface area contributed by atoms with Crippen LogP contribution in [0.1, 0.15) is 62.7 Å². The van der Waals surface area contributed by atoms with Gasteiger partial charge in [-0.15, -0.1) is 0 Å². The molecule has 6 heteroatoms. The molecule has 1 atom stereocenters. The van der Waals surface area contributed by atoms with E-state index in [4.69, 9.17) is 0 Å². The zero-order chi connectivity index (χ0) is 23.9. The molecule has 2 aliphatic heterocycles. The van der Waals surface area contributed by atoms with Gasteiger partial charge in [0.1, 0.15) is 0 Å². The van der Waals surface area contributed by atoms with Crippen molar-refractivity contribution < 1.29 is 9.59 Å². The first-order valence-corrected chi connectivity index (χ1v) is 12.9. The van der Waals surface area contributed by atoms with Gasteiger partial charge in [-0.25, -0.2) is 0 Å². The number of likely N-dealkylation sites (tertiary alicyclic amines) is 1. The number of anilines is 3. The molecule has 0 radical (unpaired) electrons. The average molecular weight is 463 g/mol. The summed E-state index contributed by atoms with van der Waals surface area (Å²) in [5, 5.41) is 2.96. The molecule has 4 rings (SSSR count). The fourth-order valence-electron chi connectivity index (χ4n) is 5.32. The fourth-order valence-corrected chi connectivity index (χ4v) is 5.32. The van der Waals surface area contributed by atoms with Crippen molar-refractivity contribution in [2.75, 3.05) is 42.9 Å². The van der Waals surface area contributed by atoms with E-state index in [-0.39, 0.29) is 11.8 Å². The molecule has 0 bridgehead atoms. The second kappa shape index (κ2) is 11.6. The normalized spacial score (nSPS) is 18.3. The Kier molecular flexibility index (Phi) is 8.35. The van der Waals surface area contributed by atoms with Crippen LogP contribution < -0.4 is 10.2 Å². The Morgan fingerprint density at radius 2 is 1.76 bits per heavy atom. The Morgan fingerprint density at radius 3 is 2.56 bits per heavy atom. The van der Waals surface area contributed by atoms with Crippen LogP contribution in [0, 0.1) is 0 Å². The van der Waals surface area contributed by atoms with E-state index >= 15 is 0 Å². The fraction of sp³-hybridized carbons (Fsp3) is 0.500. The molecule has 0 aromatic heterocycles. The first kappa shape index (κ1) is 24.4. The van der Waals surface area contributed by atoms with Crippen LogP contribution in [-0.2, 0) is 4.79 Å². The molecule has 0 spiro atoms. The Balaban J connectivity index is 1.44. The average Bonchev–Trinajstić information content (AvgIpc) is 2.99. The van der Waals surface area contributed by atoms with Gasteiger partial charge in [0.2, 0.25) is 5.91 Å². The summed E-state index contributed by atoms with van der Waals surface area (Å²) >= 11 is 0. The monoisotopic (exact) mass is 462 g/mol. The molecular formula is C28H38N4O2. The van der Waals surface area contributed by atoms with Gasteiger partial charge in [0, 0.05) is 12.5 Å². The predicted molar refractivity (Wildman–Crippen MR) is 139 cm³/mol. The van der Waals surface area contributed by atoms with E-state index in [1.54, 1.807) is 11.0 Å². The van der Waals surface area contributed by atoms with Gasteiger partial charge in [-0.05, 0) is 82.7 Å². The molecule has 0 aliphatic carbocycles. The number of rotatable bonds is 9. The Morgan fingerprint density at radius 1 is 1.03 bits per heavy atom. The quantitative estimate of drug-likeness (QED) is 0.551. The lowest BCUT2D eigenvalue weighted by molar-refractivity contribution is -0.118. The molecule has 6 nitrogen and oxygen atoms in total. The third kappa shape index (κ3) is 5.50. The zero-order valence-electron chi connectivity index (χ0n) is 20.6. The third-order valence-corrected chi connectivity index (χ3v) is 7.29. The van der Waals surface area contributed by atoms with Crippen molar-refractivity contribution >= 4 is 28.9 Å². The summed E-state index contributed by atoms with van der Waals surface area (Å²) < 4.78 is 0. The summed E-state index contributed by atoms with van der Waals surface area (Å²) in [5.41, 5.74) is 2.59. The van der Waals surface area contributed by atoms with Crippen molar-refractivity contribution in [3.63, 3.8) is 0 Å². The topological polar surface area (TPSA) is 55.9 Å². The second-order valence-electron chi connectivity index (χ2n) is 9.32. The van der Waals surface area contributed by atoms with Crippen LogP contribution in [-0.4, -0.2) is 60.4 Å². The van der Waals surface area contributed by atoms with E-state index in [1.165, 1.54) is 25.7 Å². The molecule has 1 fully saturated rings. The molecule has 2 amide bonds. The van der Waals surface area contributed by atoms with E-state index in [0.29, 0.717) is 29.4 Å². The maximum atomic E-state index is 13.6. The number of hydrogen-bond acceptors (Lipinski definition) is 4. The van der Waals surface area contributed by atoms with Crippen LogP contribution in [0.25, 0.3) is 0 Å². The minimum absolute atomic E-state index is 0.0353. The van der Waals surface area contributed by atoms with Crippen LogP contribution in [0.5, 0.6) is 0 Å². The molecule has 2 aromatic carbocycles. The zero-order valence-corrected chi connectivity index (χ0v) is 20.6. The minimum Gasteiger partial charge on any atom is -0.320 e. The van der Waals surface area contributed by atoms with Crippen LogP contribution in [0.3, 0.4) is 0 Å². The van der Waals surface area contributed by atoms with Crippen molar-refractivity contribution in [3.8, 4) is 0 Å². The van der Waals surface area contributed by atoms with Crippen molar-refractivity contribution in [2.45, 2.75) is 58.4 Å². The van der Waals surface area contributed by atoms with Crippen molar-refractivity contribution in [1.82, 2.24) is 9.80 Å². The maximum Gasteiger partial charge on any atom is 0.257 e. The Bertz CT molecular complexity index is 988. The lowest BCUT2D eigenvalue weighted by atomic mass is 9.98. The highest BCUT2D eigenvalue weighted by atomic mass is 16.2. The van der Waals surface area contributed by atoms with Crippen LogP contribution >= 0.6 is 0 Å². The van der Waals surface area contributed by atoms with E-state index in [1.807, 2.05) is 42.5 Å². The lowest BCUT2D eigenvalue weighted by Gasteiger charge is -2.37. The standard InChI is InChI=1S/C28H38N4O2/c1-3-30(4-2)21-18-22-12-9-10-19-31(22)20-11-17-27(33)32-25-15-7-5-13-23(25)28(34)29-24-14-6-8-16-26(24)32/h5-8,13-16,22H,3-4,9-12,17-21H2,1-2H3,(H,29,34). The molecule has 2 aliphatic rings. The number of nitrogens with zero attached hydrogens (tertiary/aromatic N) is 3. The number of nitrogens with one attached hydrogen (secondary N) is 1. The van der Waals surface area contributed by atoms with Gasteiger partial charge in [0.15, 0.2) is 0 Å². The Hall–Kier alpha value is -2.70. The molecular weight excluding hydrogens is 424 g/mol. The molecule has 182 valence electrons. The summed E-state index contributed by atoms with van der Waals surface area (Å²) in [6.45, 7) is 9.90. The largest absolute Gasteiger partial charge is 0.320 e. The first-order valence-electron chi connectivity index (χ1n) is 12.9. The highest BCUT2D eigenvalue weighted by molar-refractivity contribution is 6.17. The van der Waals surface area contributed by atoms with Crippen molar-refractivity contribution in [2.24, 2.45) is 0 Å². The van der Waals surface area contributed by atoms with E-state index in [9.17, 15) is 9.59 Å². The number of amides is 2. The predicted octanol–water partition coefficient (Wildman–Crippen LogP) is 5.28. The van der Waals surface area contributed by atoms with E-state index in [0.717, 1.165) is 44.8 Å². The number of carbonyl (C=O) groups excluding carboxylic acids is 2. The van der Waals surface area contributed by atoms with E-state index in [2.05, 4.69) is 29.0 Å². The highest BCUT2D eigenvalue weighted by Crippen LogP contribution is 2.38. The number of benzene rings is 2. The molecule has 34 heavy (non-hydrogen) atoms. The van der Waals surface area contributed by atoms with Gasteiger partial charge in [-0.2, -0.15) is 0 Å². The van der Waals surface area contributed by atoms with Gasteiger partial charge < -0.3 is 15.1 Å². The van der Waals surface area contributed by atoms with Gasteiger partial charge in [0.25, 0.3) is 5.91 Å². The Labute approximate surface area is 203 Å². The molecule has 1 saturated heterocycles. The first-order chi connectivity index (χ1) is 16.6. The van der Waals surface area contributed by atoms with Crippen LogP contribution in [0.15, 0.2) is 48.5 Å². The summed E-state index contributed by atoms with van der Waals surface area (Å²) in [6.07, 6.45) is 6.29. The molecule has 2 heterocycles. The van der Waals surface area contributed by atoms with Crippen LogP contribution in [0.2, 0.25) is 0 Å². The summed E-state index contributed by atoms with van der Waals surface area (Å²) in [4.78, 5) is 33.2. The number of hydrogen-bond donors (Lipinski definition) is 1. The van der Waals surface area contributed by atoms with E-state index < -0.39 is 0 Å². The number of para-hydroxylation sites is 3. The molecule has 2 aromatic rings. The third-order valence-electron chi connectivity index (χ3n) is 7.29. The summed E-state index contributed by atoms with van der Waals surface area (Å²) in [6, 6.07) is 15.5. The van der Waals surface area contributed by atoms with Crippen molar-refractivity contribution in [1.29, 1.82) is 0 Å². The van der Waals surface area contributed by atoms with Gasteiger partial charge in [-0.3, -0.25) is 14.5 Å². The molecule has 1 N–H and O–H groups in total. The number of fused-ring (bicyclic) bond motifs is 2. The maximum absolute atomic E-state index is 13.6. The van der Waals surface area contributed by atoms with Gasteiger partial charge in [-0.1, -0.05) is 44.5 Å². The molecule has 0 saturated carbocycles. The van der Waals surface area contributed by atoms with Crippen LogP contribution in [0.4, 0.5) is 17.1 Å². The van der Waals surface area contributed by atoms with Crippen molar-refractivity contribution in [3.05, 3.63) is 54.1 Å². The summed E-state index contributed by atoms with van der Waals surface area (Å²) in [5.74, 6) is -0.143. The minimum atomic E-state index is -0.178. The van der Waals surface area contributed by atoms with Gasteiger partial charge in [0.05, 0.1) is 22.6 Å². The second-order valence-corrected chi connectivity index (χ2v) is 9.32. The number of piperidine rings is 1.